The van der Waals surface area contributed by atoms with E-state index in [1.165, 1.54) is 24.3 Å². The average molecular weight is 433 g/mol. The number of rotatable bonds is 6. The van der Waals surface area contributed by atoms with Gasteiger partial charge in [-0.1, -0.05) is 6.07 Å². The van der Waals surface area contributed by atoms with Crippen molar-refractivity contribution >= 4 is 40.3 Å². The summed E-state index contributed by atoms with van der Waals surface area (Å²) in [5.41, 5.74) is 2.92. The van der Waals surface area contributed by atoms with Crippen molar-refractivity contribution in [2.24, 2.45) is 0 Å². The van der Waals surface area contributed by atoms with Gasteiger partial charge in [-0.25, -0.2) is 9.78 Å². The van der Waals surface area contributed by atoms with E-state index >= 15 is 0 Å². The Balaban J connectivity index is 1.37. The van der Waals surface area contributed by atoms with Crippen LogP contribution in [0.1, 0.15) is 0 Å². The summed E-state index contributed by atoms with van der Waals surface area (Å²) in [4.78, 5) is 31.0. The van der Waals surface area contributed by atoms with Gasteiger partial charge in [0.05, 0.1) is 23.0 Å². The molecule has 154 valence electrons. The monoisotopic (exact) mass is 433 g/mol. The molecule has 0 atom stereocenters. The third-order valence-electron chi connectivity index (χ3n) is 4.11. The number of hydrogen-bond donors (Lipinski definition) is 2. The second-order valence-electron chi connectivity index (χ2n) is 6.27. The number of non-ortho nitro benzene ring substituents is 1. The summed E-state index contributed by atoms with van der Waals surface area (Å²) in [7, 11) is 0. The molecule has 0 aliphatic heterocycles. The topological polar surface area (TPSA) is 119 Å². The number of nitrogens with zero attached hydrogens (tertiary/aromatic N) is 3. The van der Waals surface area contributed by atoms with Crippen LogP contribution in [0.5, 0.6) is 5.75 Å². The summed E-state index contributed by atoms with van der Waals surface area (Å²) in [5.74, 6) is 0.753. The molecule has 10 heteroatoms. The molecule has 0 fully saturated rings. The van der Waals surface area contributed by atoms with E-state index in [-0.39, 0.29) is 11.4 Å². The van der Waals surface area contributed by atoms with Crippen molar-refractivity contribution in [1.82, 2.24) is 9.97 Å². The van der Waals surface area contributed by atoms with Gasteiger partial charge < -0.3 is 10.1 Å². The lowest BCUT2D eigenvalue weighted by atomic mass is 10.2. The Kier molecular flexibility index (Phi) is 5.81. The normalized spacial score (nSPS) is 10.3. The number of ether oxygens (including phenoxy) is 1. The Hall–Kier alpha value is -4.31. The molecule has 0 saturated carbocycles. The first-order valence-corrected chi connectivity index (χ1v) is 9.96. The van der Waals surface area contributed by atoms with E-state index in [9.17, 15) is 14.9 Å². The molecule has 0 spiro atoms. The van der Waals surface area contributed by atoms with E-state index in [1.807, 2.05) is 22.9 Å². The number of aromatic nitrogens is 2. The molecule has 2 N–H and O–H groups in total. The van der Waals surface area contributed by atoms with Crippen molar-refractivity contribution in [2.45, 2.75) is 0 Å². The molecule has 9 nitrogen and oxygen atoms in total. The van der Waals surface area contributed by atoms with Crippen LogP contribution in [0.4, 0.5) is 27.7 Å². The van der Waals surface area contributed by atoms with Gasteiger partial charge in [0.1, 0.15) is 11.6 Å². The second kappa shape index (κ2) is 9.01. The molecule has 0 aliphatic rings. The lowest BCUT2D eigenvalue weighted by Crippen LogP contribution is -2.16. The molecule has 4 aromatic rings. The highest BCUT2D eigenvalue weighted by Crippen LogP contribution is 2.23. The molecule has 4 rings (SSSR count). The zero-order valence-corrected chi connectivity index (χ0v) is 16.7. The number of carbonyl (C=O) groups is 1. The maximum absolute atomic E-state index is 12.1. The van der Waals surface area contributed by atoms with Gasteiger partial charge in [-0.05, 0) is 41.8 Å². The highest BCUT2D eigenvalue weighted by Gasteiger charge is 2.09. The first kappa shape index (κ1) is 20.0. The number of carbonyl (C=O) groups excluding carboxylic acids is 1. The van der Waals surface area contributed by atoms with Gasteiger partial charge >= 0.3 is 6.09 Å². The van der Waals surface area contributed by atoms with Crippen LogP contribution in [0.15, 0.2) is 77.8 Å². The Labute approximate surface area is 180 Å². The Bertz CT molecular complexity index is 1200. The zero-order chi connectivity index (χ0) is 21.6. The smallest absolute Gasteiger partial charge is 0.410 e. The summed E-state index contributed by atoms with van der Waals surface area (Å²) in [6.45, 7) is 0. The van der Waals surface area contributed by atoms with Gasteiger partial charge in [-0.15, -0.1) is 0 Å². The summed E-state index contributed by atoms with van der Waals surface area (Å²) in [6, 6.07) is 14.2. The number of thiophene rings is 1. The molecule has 1 amide bonds. The maximum atomic E-state index is 12.1. The summed E-state index contributed by atoms with van der Waals surface area (Å²) < 4.78 is 5.15. The van der Waals surface area contributed by atoms with Crippen molar-refractivity contribution in [3.8, 4) is 17.0 Å². The predicted molar refractivity (Wildman–Crippen MR) is 118 cm³/mol. The minimum absolute atomic E-state index is 0.0852. The lowest BCUT2D eigenvalue weighted by Gasteiger charge is -2.09. The van der Waals surface area contributed by atoms with Crippen molar-refractivity contribution in [2.75, 3.05) is 10.6 Å². The van der Waals surface area contributed by atoms with Gasteiger partial charge in [0.2, 0.25) is 0 Å². The molecule has 2 heterocycles. The standard InChI is InChI=1S/C21H15N5O4S/c27-21(30-18-6-4-17(5-7-18)26(28)29)25-16-3-1-2-15(10-16)24-20-12-22-19(11-23-20)14-8-9-31-13-14/h1-13H,(H,23,24)(H,25,27). The molecule has 0 unspecified atom stereocenters. The SMILES string of the molecule is O=C(Nc1cccc(Nc2cnc(-c3ccsc3)cn2)c1)Oc1ccc([N+](=O)[O-])cc1. The lowest BCUT2D eigenvalue weighted by molar-refractivity contribution is -0.384. The van der Waals surface area contributed by atoms with E-state index in [4.69, 9.17) is 4.74 Å². The quantitative estimate of drug-likeness (QED) is 0.306. The number of nitrogens with one attached hydrogen (secondary N) is 2. The molecule has 2 aromatic carbocycles. The van der Waals surface area contributed by atoms with E-state index in [1.54, 1.807) is 41.9 Å². The van der Waals surface area contributed by atoms with E-state index in [0.717, 1.165) is 11.3 Å². The van der Waals surface area contributed by atoms with Crippen LogP contribution < -0.4 is 15.4 Å². The Morgan fingerprint density at radius 2 is 1.84 bits per heavy atom. The van der Waals surface area contributed by atoms with Crippen molar-refractivity contribution in [1.29, 1.82) is 0 Å². The van der Waals surface area contributed by atoms with Crippen LogP contribution in [-0.4, -0.2) is 21.0 Å². The van der Waals surface area contributed by atoms with Crippen molar-refractivity contribution in [3.05, 3.63) is 87.9 Å². The summed E-state index contributed by atoms with van der Waals surface area (Å²) in [5, 5.41) is 20.4. The zero-order valence-electron chi connectivity index (χ0n) is 15.9. The third-order valence-corrected chi connectivity index (χ3v) is 4.79. The molecule has 0 radical (unpaired) electrons. The molecular weight excluding hydrogens is 418 g/mol. The molecule has 0 bridgehead atoms. The van der Waals surface area contributed by atoms with Gasteiger partial charge in [0.25, 0.3) is 5.69 Å². The van der Waals surface area contributed by atoms with Crippen LogP contribution in [0, 0.1) is 10.1 Å². The fourth-order valence-corrected chi connectivity index (χ4v) is 3.31. The Morgan fingerprint density at radius 1 is 1.03 bits per heavy atom. The van der Waals surface area contributed by atoms with Gasteiger partial charge in [-0.2, -0.15) is 11.3 Å². The van der Waals surface area contributed by atoms with Crippen LogP contribution in [0.2, 0.25) is 0 Å². The molecule has 0 aliphatic carbocycles. The Morgan fingerprint density at radius 3 is 2.52 bits per heavy atom. The number of nitro benzene ring substituents is 1. The largest absolute Gasteiger partial charge is 0.417 e. The minimum Gasteiger partial charge on any atom is -0.410 e. The van der Waals surface area contributed by atoms with Crippen LogP contribution in [0.3, 0.4) is 0 Å². The van der Waals surface area contributed by atoms with Crippen molar-refractivity contribution in [3.63, 3.8) is 0 Å². The number of hydrogen-bond acceptors (Lipinski definition) is 8. The van der Waals surface area contributed by atoms with Gasteiger partial charge in [0.15, 0.2) is 0 Å². The van der Waals surface area contributed by atoms with E-state index in [2.05, 4.69) is 20.6 Å². The van der Waals surface area contributed by atoms with Gasteiger partial charge in [-0.3, -0.25) is 20.4 Å². The fourth-order valence-electron chi connectivity index (χ4n) is 2.66. The van der Waals surface area contributed by atoms with Crippen molar-refractivity contribution < 1.29 is 14.5 Å². The first-order valence-electron chi connectivity index (χ1n) is 9.02. The predicted octanol–water partition coefficient (Wildman–Crippen LogP) is 5.47. The van der Waals surface area contributed by atoms with Gasteiger partial charge in [0, 0.05) is 34.5 Å². The maximum Gasteiger partial charge on any atom is 0.417 e. The minimum atomic E-state index is -0.717. The molecule has 31 heavy (non-hydrogen) atoms. The highest BCUT2D eigenvalue weighted by molar-refractivity contribution is 7.08. The van der Waals surface area contributed by atoms with Crippen LogP contribution in [-0.2, 0) is 0 Å². The fraction of sp³-hybridized carbons (Fsp3) is 0. The number of benzene rings is 2. The second-order valence-corrected chi connectivity index (χ2v) is 7.05. The number of nitro groups is 1. The average Bonchev–Trinajstić information content (AvgIpc) is 3.30. The van der Waals surface area contributed by atoms with Crippen LogP contribution in [0.25, 0.3) is 11.3 Å². The summed E-state index contributed by atoms with van der Waals surface area (Å²) in [6.07, 6.45) is 2.61. The summed E-state index contributed by atoms with van der Waals surface area (Å²) >= 11 is 1.59. The third kappa shape index (κ3) is 5.19. The molecular formula is C21H15N5O4S. The highest BCUT2D eigenvalue weighted by atomic mass is 32.1. The molecule has 2 aromatic heterocycles. The van der Waals surface area contributed by atoms with Crippen LogP contribution >= 0.6 is 11.3 Å². The first-order chi connectivity index (χ1) is 15.1. The number of amides is 1. The number of anilines is 3. The van der Waals surface area contributed by atoms with E-state index in [0.29, 0.717) is 17.2 Å². The van der Waals surface area contributed by atoms with E-state index < -0.39 is 11.0 Å². The molecule has 0 saturated heterocycles.